The number of carbonyl (C=O) groups is 1. The summed E-state index contributed by atoms with van der Waals surface area (Å²) >= 11 is 0. The number of methoxy groups -OCH3 is 2. The van der Waals surface area contributed by atoms with E-state index in [1.54, 1.807) is 18.2 Å². The number of aromatic carboxylic acids is 1. The SMILES string of the molecule is COc1ccc(OC)c(CNS(=O)(=O)c2cc(C(=O)[O-])ccc2F)c1. The summed E-state index contributed by atoms with van der Waals surface area (Å²) in [5.74, 6) is -1.78. The van der Waals surface area contributed by atoms with Crippen LogP contribution in [0.5, 0.6) is 11.5 Å². The van der Waals surface area contributed by atoms with Crippen molar-refractivity contribution in [1.29, 1.82) is 0 Å². The molecule has 0 saturated carbocycles. The van der Waals surface area contributed by atoms with E-state index in [4.69, 9.17) is 9.47 Å². The van der Waals surface area contributed by atoms with Gasteiger partial charge in [0.15, 0.2) is 0 Å². The van der Waals surface area contributed by atoms with Crippen molar-refractivity contribution < 1.29 is 32.2 Å². The third-order valence-electron chi connectivity index (χ3n) is 3.40. The van der Waals surface area contributed by atoms with Crippen molar-refractivity contribution in [2.75, 3.05) is 14.2 Å². The van der Waals surface area contributed by atoms with Gasteiger partial charge in [-0.2, -0.15) is 0 Å². The number of hydrogen-bond acceptors (Lipinski definition) is 6. The van der Waals surface area contributed by atoms with Gasteiger partial charge in [-0.3, -0.25) is 0 Å². The van der Waals surface area contributed by atoms with E-state index in [0.29, 0.717) is 23.1 Å². The predicted molar refractivity (Wildman–Crippen MR) is 84.3 cm³/mol. The molecule has 2 aromatic carbocycles. The van der Waals surface area contributed by atoms with E-state index >= 15 is 0 Å². The quantitative estimate of drug-likeness (QED) is 0.771. The molecule has 25 heavy (non-hydrogen) atoms. The minimum absolute atomic E-state index is 0.211. The van der Waals surface area contributed by atoms with E-state index in [9.17, 15) is 22.7 Å². The largest absolute Gasteiger partial charge is 0.545 e. The molecule has 0 fully saturated rings. The topological polar surface area (TPSA) is 105 Å². The molecule has 0 heterocycles. The van der Waals surface area contributed by atoms with Gasteiger partial charge >= 0.3 is 0 Å². The van der Waals surface area contributed by atoms with Crippen LogP contribution in [0.15, 0.2) is 41.3 Å². The Morgan fingerprint density at radius 3 is 2.48 bits per heavy atom. The Hall–Kier alpha value is -2.65. The summed E-state index contributed by atoms with van der Waals surface area (Å²) in [7, 11) is -1.43. The van der Waals surface area contributed by atoms with Crippen molar-refractivity contribution in [2.24, 2.45) is 0 Å². The Kier molecular flexibility index (Phi) is 5.60. The Labute approximate surface area is 144 Å². The molecule has 0 radical (unpaired) electrons. The Morgan fingerprint density at radius 1 is 1.16 bits per heavy atom. The van der Waals surface area contributed by atoms with Crippen molar-refractivity contribution in [3.63, 3.8) is 0 Å². The Bertz CT molecular complexity index is 897. The third-order valence-corrected chi connectivity index (χ3v) is 4.81. The lowest BCUT2D eigenvalue weighted by Crippen LogP contribution is -2.26. The van der Waals surface area contributed by atoms with Crippen LogP contribution in [0.4, 0.5) is 4.39 Å². The van der Waals surface area contributed by atoms with Gasteiger partial charge in [0, 0.05) is 12.1 Å². The van der Waals surface area contributed by atoms with Crippen LogP contribution in [0.3, 0.4) is 0 Å². The van der Waals surface area contributed by atoms with Crippen molar-refractivity contribution in [2.45, 2.75) is 11.4 Å². The number of carboxylic acid groups (broad SMARTS) is 1. The molecule has 9 heteroatoms. The first-order valence-electron chi connectivity index (χ1n) is 7.00. The average molecular weight is 368 g/mol. The zero-order valence-electron chi connectivity index (χ0n) is 13.4. The van der Waals surface area contributed by atoms with Crippen molar-refractivity contribution >= 4 is 16.0 Å². The number of carboxylic acids is 1. The first-order chi connectivity index (χ1) is 11.8. The van der Waals surface area contributed by atoms with Gasteiger partial charge in [0.2, 0.25) is 10.0 Å². The maximum Gasteiger partial charge on any atom is 0.243 e. The summed E-state index contributed by atoms with van der Waals surface area (Å²) in [5.41, 5.74) is 0.0163. The van der Waals surface area contributed by atoms with Crippen LogP contribution >= 0.6 is 0 Å². The maximum atomic E-state index is 13.8. The van der Waals surface area contributed by atoms with E-state index in [2.05, 4.69) is 4.72 Å². The highest BCUT2D eigenvalue weighted by molar-refractivity contribution is 7.89. The molecule has 1 N–H and O–H groups in total. The zero-order chi connectivity index (χ0) is 18.6. The van der Waals surface area contributed by atoms with Crippen LogP contribution in [-0.4, -0.2) is 28.6 Å². The second-order valence-corrected chi connectivity index (χ2v) is 6.67. The van der Waals surface area contributed by atoms with E-state index in [0.717, 1.165) is 12.1 Å². The normalized spacial score (nSPS) is 11.2. The molecule has 0 unspecified atom stereocenters. The van der Waals surface area contributed by atoms with Crippen molar-refractivity contribution in [1.82, 2.24) is 4.72 Å². The number of rotatable bonds is 7. The highest BCUT2D eigenvalue weighted by Crippen LogP contribution is 2.24. The maximum absolute atomic E-state index is 13.8. The van der Waals surface area contributed by atoms with Crippen LogP contribution in [-0.2, 0) is 16.6 Å². The van der Waals surface area contributed by atoms with E-state index in [1.165, 1.54) is 14.2 Å². The summed E-state index contributed by atoms with van der Waals surface area (Å²) in [4.78, 5) is 10.1. The van der Waals surface area contributed by atoms with Gasteiger partial charge in [-0.05, 0) is 35.9 Å². The standard InChI is InChI=1S/C16H16FNO6S/c1-23-12-4-6-14(24-2)11(7-12)9-18-25(21,22)15-8-10(16(19)20)3-5-13(15)17/h3-8,18H,9H2,1-2H3,(H,19,20)/p-1. The molecular formula is C16H15FNO6S-. The summed E-state index contributed by atoms with van der Waals surface area (Å²) in [6, 6.07) is 7.19. The predicted octanol–water partition coefficient (Wildman–Crippen LogP) is 0.685. The number of hydrogen-bond donors (Lipinski definition) is 1. The number of halogens is 1. The molecule has 0 saturated heterocycles. The van der Waals surface area contributed by atoms with Gasteiger partial charge in [-0.1, -0.05) is 6.07 Å². The van der Waals surface area contributed by atoms with Gasteiger partial charge in [0.1, 0.15) is 22.2 Å². The lowest BCUT2D eigenvalue weighted by atomic mass is 10.2. The molecule has 0 amide bonds. The number of ether oxygens (including phenoxy) is 2. The molecule has 2 aromatic rings. The molecule has 0 spiro atoms. The molecule has 0 aliphatic heterocycles. The number of sulfonamides is 1. The zero-order valence-corrected chi connectivity index (χ0v) is 14.2. The van der Waals surface area contributed by atoms with Crippen LogP contribution < -0.4 is 19.3 Å². The van der Waals surface area contributed by atoms with Gasteiger partial charge in [-0.15, -0.1) is 0 Å². The summed E-state index contributed by atoms with van der Waals surface area (Å²) in [5, 5.41) is 10.8. The number of carbonyl (C=O) groups excluding carboxylic acids is 1. The van der Waals surface area contributed by atoms with Crippen LogP contribution in [0.25, 0.3) is 0 Å². The fourth-order valence-corrected chi connectivity index (χ4v) is 3.21. The fraction of sp³-hybridized carbons (Fsp3) is 0.188. The second-order valence-electron chi connectivity index (χ2n) is 4.93. The molecular weight excluding hydrogens is 353 g/mol. The summed E-state index contributed by atoms with van der Waals surface area (Å²) < 4.78 is 50.9. The molecule has 2 rings (SSSR count). The minimum atomic E-state index is -4.30. The summed E-state index contributed by atoms with van der Waals surface area (Å²) in [6.07, 6.45) is 0. The molecule has 0 atom stereocenters. The number of benzene rings is 2. The van der Waals surface area contributed by atoms with E-state index < -0.39 is 32.3 Å². The van der Waals surface area contributed by atoms with Crippen molar-refractivity contribution in [3.05, 3.63) is 53.3 Å². The van der Waals surface area contributed by atoms with Gasteiger partial charge in [-0.25, -0.2) is 17.5 Å². The van der Waals surface area contributed by atoms with Gasteiger partial charge in [0.25, 0.3) is 0 Å². The molecule has 0 aliphatic rings. The lowest BCUT2D eigenvalue weighted by Gasteiger charge is -2.13. The van der Waals surface area contributed by atoms with Crippen LogP contribution in [0.2, 0.25) is 0 Å². The molecule has 0 aromatic heterocycles. The average Bonchev–Trinajstić information content (AvgIpc) is 2.59. The van der Waals surface area contributed by atoms with Crippen LogP contribution in [0.1, 0.15) is 15.9 Å². The van der Waals surface area contributed by atoms with E-state index in [-0.39, 0.29) is 6.54 Å². The number of nitrogens with one attached hydrogen (secondary N) is 1. The Balaban J connectivity index is 2.31. The minimum Gasteiger partial charge on any atom is -0.545 e. The first kappa shape index (κ1) is 18.7. The first-order valence-corrected chi connectivity index (χ1v) is 8.48. The molecule has 0 aliphatic carbocycles. The molecule has 0 bridgehead atoms. The summed E-state index contributed by atoms with van der Waals surface area (Å²) in [6.45, 7) is -0.211. The second kappa shape index (κ2) is 7.49. The fourth-order valence-electron chi connectivity index (χ4n) is 2.11. The van der Waals surface area contributed by atoms with Crippen LogP contribution in [0, 0.1) is 5.82 Å². The lowest BCUT2D eigenvalue weighted by molar-refractivity contribution is -0.255. The highest BCUT2D eigenvalue weighted by Gasteiger charge is 2.20. The monoisotopic (exact) mass is 368 g/mol. The van der Waals surface area contributed by atoms with Crippen molar-refractivity contribution in [3.8, 4) is 11.5 Å². The van der Waals surface area contributed by atoms with Gasteiger partial charge < -0.3 is 19.4 Å². The smallest absolute Gasteiger partial charge is 0.243 e. The van der Waals surface area contributed by atoms with Gasteiger partial charge in [0.05, 0.1) is 20.2 Å². The molecule has 7 nitrogen and oxygen atoms in total. The third kappa shape index (κ3) is 4.25. The highest BCUT2D eigenvalue weighted by atomic mass is 32.2. The molecule has 134 valence electrons. The van der Waals surface area contributed by atoms with E-state index in [1.807, 2.05) is 0 Å². The Morgan fingerprint density at radius 2 is 1.88 bits per heavy atom.